The van der Waals surface area contributed by atoms with E-state index in [1.54, 1.807) is 24.3 Å². The van der Waals surface area contributed by atoms with Crippen molar-refractivity contribution in [3.05, 3.63) is 47.5 Å². The topological polar surface area (TPSA) is 17.1 Å². The van der Waals surface area contributed by atoms with E-state index in [2.05, 4.69) is 15.9 Å². The SMILES string of the molecule is O=Cc1ccc2cc(C(F)(F)Br)ccc2c1. The maximum absolute atomic E-state index is 13.0. The number of halogens is 3. The molecule has 0 heterocycles. The Balaban J connectivity index is 2.60. The van der Waals surface area contributed by atoms with Gasteiger partial charge in [0.25, 0.3) is 0 Å². The number of hydrogen-bond acceptors (Lipinski definition) is 1. The van der Waals surface area contributed by atoms with E-state index in [9.17, 15) is 13.6 Å². The van der Waals surface area contributed by atoms with Gasteiger partial charge in [0, 0.05) is 11.1 Å². The summed E-state index contributed by atoms with van der Waals surface area (Å²) in [5, 5.41) is 1.45. The van der Waals surface area contributed by atoms with Crippen molar-refractivity contribution in [3.8, 4) is 0 Å². The molecule has 16 heavy (non-hydrogen) atoms. The molecule has 0 unspecified atom stereocenters. The molecule has 4 heteroatoms. The van der Waals surface area contributed by atoms with Crippen molar-refractivity contribution in [2.24, 2.45) is 0 Å². The number of carbonyl (C=O) groups excluding carboxylic acids is 1. The molecule has 0 fully saturated rings. The minimum absolute atomic E-state index is 0.0983. The van der Waals surface area contributed by atoms with Gasteiger partial charge >= 0.3 is 4.83 Å². The predicted octanol–water partition coefficient (Wildman–Crippen LogP) is 4.10. The Morgan fingerprint density at radius 2 is 1.69 bits per heavy atom. The Labute approximate surface area is 99.2 Å². The third-order valence-electron chi connectivity index (χ3n) is 2.33. The van der Waals surface area contributed by atoms with Crippen LogP contribution in [-0.4, -0.2) is 6.29 Å². The minimum atomic E-state index is -3.02. The lowest BCUT2D eigenvalue weighted by molar-refractivity contribution is 0.112. The van der Waals surface area contributed by atoms with Gasteiger partial charge in [-0.3, -0.25) is 4.79 Å². The number of alkyl halides is 3. The number of aldehydes is 1. The second-order valence-electron chi connectivity index (χ2n) is 3.44. The van der Waals surface area contributed by atoms with E-state index in [4.69, 9.17) is 0 Å². The lowest BCUT2D eigenvalue weighted by atomic mass is 10.0. The van der Waals surface area contributed by atoms with Crippen molar-refractivity contribution in [2.45, 2.75) is 4.83 Å². The molecule has 0 radical (unpaired) electrons. The van der Waals surface area contributed by atoms with E-state index in [0.717, 1.165) is 11.7 Å². The first-order valence-corrected chi connectivity index (χ1v) is 5.36. The highest BCUT2D eigenvalue weighted by atomic mass is 79.9. The highest BCUT2D eigenvalue weighted by molar-refractivity contribution is 9.09. The van der Waals surface area contributed by atoms with Gasteiger partial charge in [0.05, 0.1) is 0 Å². The molecule has 0 bridgehead atoms. The molecule has 0 atom stereocenters. The van der Waals surface area contributed by atoms with Crippen LogP contribution >= 0.6 is 15.9 Å². The van der Waals surface area contributed by atoms with Gasteiger partial charge in [0.1, 0.15) is 6.29 Å². The normalized spacial score (nSPS) is 11.7. The van der Waals surface area contributed by atoms with Crippen LogP contribution < -0.4 is 0 Å². The van der Waals surface area contributed by atoms with E-state index in [-0.39, 0.29) is 5.56 Å². The molecular weight excluding hydrogens is 278 g/mol. The van der Waals surface area contributed by atoms with Crippen LogP contribution in [0.25, 0.3) is 10.8 Å². The van der Waals surface area contributed by atoms with E-state index in [1.807, 2.05) is 0 Å². The van der Waals surface area contributed by atoms with Crippen molar-refractivity contribution in [1.29, 1.82) is 0 Å². The molecule has 1 nitrogen and oxygen atoms in total. The standard InChI is InChI=1S/C12H7BrF2O/c13-12(14,15)11-4-3-9-5-8(7-16)1-2-10(9)6-11/h1-7H. The van der Waals surface area contributed by atoms with E-state index in [0.29, 0.717) is 10.9 Å². The Kier molecular flexibility index (Phi) is 2.76. The van der Waals surface area contributed by atoms with Gasteiger partial charge in [-0.1, -0.05) is 24.3 Å². The van der Waals surface area contributed by atoms with Crippen molar-refractivity contribution < 1.29 is 13.6 Å². The van der Waals surface area contributed by atoms with Crippen LogP contribution in [0.5, 0.6) is 0 Å². The second-order valence-corrected chi connectivity index (χ2v) is 4.43. The Morgan fingerprint density at radius 1 is 1.06 bits per heavy atom. The Morgan fingerprint density at radius 3 is 2.31 bits per heavy atom. The first-order valence-electron chi connectivity index (χ1n) is 4.57. The quantitative estimate of drug-likeness (QED) is 0.599. The summed E-state index contributed by atoms with van der Waals surface area (Å²) in [6.07, 6.45) is 0.729. The second kappa shape index (κ2) is 3.94. The first-order chi connectivity index (χ1) is 7.50. The van der Waals surface area contributed by atoms with Gasteiger partial charge in [-0.2, -0.15) is 8.78 Å². The maximum Gasteiger partial charge on any atom is 0.326 e. The van der Waals surface area contributed by atoms with Gasteiger partial charge < -0.3 is 0 Å². The largest absolute Gasteiger partial charge is 0.326 e. The zero-order valence-electron chi connectivity index (χ0n) is 8.08. The van der Waals surface area contributed by atoms with Crippen LogP contribution in [0.1, 0.15) is 15.9 Å². The van der Waals surface area contributed by atoms with Crippen molar-refractivity contribution >= 4 is 33.0 Å². The van der Waals surface area contributed by atoms with Crippen LogP contribution in [0.4, 0.5) is 8.78 Å². The van der Waals surface area contributed by atoms with E-state index < -0.39 is 4.83 Å². The van der Waals surface area contributed by atoms with Gasteiger partial charge in [0.2, 0.25) is 0 Å². The molecule has 0 aliphatic carbocycles. The lowest BCUT2D eigenvalue weighted by Gasteiger charge is -2.09. The molecule has 0 spiro atoms. The highest BCUT2D eigenvalue weighted by Gasteiger charge is 2.26. The number of benzene rings is 2. The Hall–Kier alpha value is -1.29. The average Bonchev–Trinajstić information content (AvgIpc) is 2.26. The summed E-state index contributed by atoms with van der Waals surface area (Å²) in [6, 6.07) is 9.24. The molecule has 2 aromatic rings. The highest BCUT2D eigenvalue weighted by Crippen LogP contribution is 2.35. The zero-order valence-corrected chi connectivity index (χ0v) is 9.67. The molecule has 0 saturated heterocycles. The molecule has 2 aromatic carbocycles. The number of fused-ring (bicyclic) bond motifs is 1. The smallest absolute Gasteiger partial charge is 0.298 e. The molecule has 0 aromatic heterocycles. The van der Waals surface area contributed by atoms with Crippen LogP contribution in [0.15, 0.2) is 36.4 Å². The van der Waals surface area contributed by atoms with Gasteiger partial charge in [-0.25, -0.2) is 0 Å². The zero-order chi connectivity index (χ0) is 11.8. The molecule has 0 N–H and O–H groups in total. The summed E-state index contributed by atoms with van der Waals surface area (Å²) >= 11 is 2.31. The third kappa shape index (κ3) is 2.11. The monoisotopic (exact) mass is 284 g/mol. The van der Waals surface area contributed by atoms with Crippen molar-refractivity contribution in [1.82, 2.24) is 0 Å². The summed E-state index contributed by atoms with van der Waals surface area (Å²) in [7, 11) is 0. The molecule has 0 aliphatic heterocycles. The number of rotatable bonds is 2. The number of carbonyl (C=O) groups is 1. The summed E-state index contributed by atoms with van der Waals surface area (Å²) in [5.41, 5.74) is 0.435. The van der Waals surface area contributed by atoms with Crippen LogP contribution in [0.3, 0.4) is 0 Å². The van der Waals surface area contributed by atoms with Gasteiger partial charge in [-0.05, 0) is 38.8 Å². The third-order valence-corrected chi connectivity index (χ3v) is 2.79. The van der Waals surface area contributed by atoms with Crippen molar-refractivity contribution in [3.63, 3.8) is 0 Å². The van der Waals surface area contributed by atoms with Crippen LogP contribution in [0, 0.1) is 0 Å². The molecule has 82 valence electrons. The fourth-order valence-corrected chi connectivity index (χ4v) is 1.76. The van der Waals surface area contributed by atoms with E-state index >= 15 is 0 Å². The number of hydrogen-bond donors (Lipinski definition) is 0. The lowest BCUT2D eigenvalue weighted by Crippen LogP contribution is -2.01. The average molecular weight is 285 g/mol. The fraction of sp³-hybridized carbons (Fsp3) is 0.0833. The fourth-order valence-electron chi connectivity index (χ4n) is 1.51. The van der Waals surface area contributed by atoms with Gasteiger partial charge in [0.15, 0.2) is 0 Å². The molecule has 0 saturated carbocycles. The first kappa shape index (κ1) is 11.2. The van der Waals surface area contributed by atoms with Gasteiger partial charge in [-0.15, -0.1) is 0 Å². The van der Waals surface area contributed by atoms with Crippen molar-refractivity contribution in [2.75, 3.05) is 0 Å². The maximum atomic E-state index is 13.0. The van der Waals surface area contributed by atoms with E-state index in [1.165, 1.54) is 12.1 Å². The summed E-state index contributed by atoms with van der Waals surface area (Å²) in [6.45, 7) is 0. The predicted molar refractivity (Wildman–Crippen MR) is 62.2 cm³/mol. The molecule has 0 aliphatic rings. The minimum Gasteiger partial charge on any atom is -0.298 e. The molecule has 2 rings (SSSR count). The molecular formula is C12H7BrF2O. The van der Waals surface area contributed by atoms with Crippen LogP contribution in [0.2, 0.25) is 0 Å². The summed E-state index contributed by atoms with van der Waals surface area (Å²) < 4.78 is 26.0. The Bertz CT molecular complexity index is 546. The summed E-state index contributed by atoms with van der Waals surface area (Å²) in [5.74, 6) is 0. The van der Waals surface area contributed by atoms with Crippen LogP contribution in [-0.2, 0) is 4.83 Å². The summed E-state index contributed by atoms with van der Waals surface area (Å²) in [4.78, 5) is 7.53. The molecule has 0 amide bonds.